The average molecular weight is 489 g/mol. The van der Waals surface area contributed by atoms with Crippen LogP contribution in [0.15, 0.2) is 29.3 Å². The first-order valence-corrected chi connectivity index (χ1v) is 9.69. The van der Waals surface area contributed by atoms with Crippen molar-refractivity contribution in [3.63, 3.8) is 0 Å². The molecule has 7 heteroatoms. The second-order valence-electron chi connectivity index (χ2n) is 6.92. The van der Waals surface area contributed by atoms with Gasteiger partial charge in [-0.3, -0.25) is 4.99 Å². The van der Waals surface area contributed by atoms with Crippen molar-refractivity contribution in [2.24, 2.45) is 10.9 Å². The minimum Gasteiger partial charge on any atom is -0.493 e. The minimum absolute atomic E-state index is 0. The van der Waals surface area contributed by atoms with Crippen LogP contribution in [0.4, 0.5) is 0 Å². The van der Waals surface area contributed by atoms with Crippen molar-refractivity contribution in [3.05, 3.63) is 29.8 Å². The molecule has 1 unspecified atom stereocenters. The second-order valence-corrected chi connectivity index (χ2v) is 6.92. The first-order chi connectivity index (χ1) is 12.8. The predicted octanol–water partition coefficient (Wildman–Crippen LogP) is 2.95. The van der Waals surface area contributed by atoms with E-state index in [1.165, 1.54) is 12.8 Å². The van der Waals surface area contributed by atoms with Crippen molar-refractivity contribution in [3.8, 4) is 5.75 Å². The molecule has 152 valence electrons. The Morgan fingerprint density at radius 2 is 2.04 bits per heavy atom. The first-order valence-electron chi connectivity index (χ1n) is 9.69. The molecule has 1 saturated heterocycles. The molecule has 2 aliphatic rings. The molecule has 0 amide bonds. The molecule has 1 aliphatic carbocycles. The average Bonchev–Trinajstić information content (AvgIpc) is 3.36. The van der Waals surface area contributed by atoms with Gasteiger partial charge in [0.2, 0.25) is 0 Å². The van der Waals surface area contributed by atoms with Crippen LogP contribution in [-0.4, -0.2) is 52.1 Å². The number of hydrogen-bond acceptors (Lipinski definition) is 4. The number of hydrogen-bond donors (Lipinski definition) is 2. The summed E-state index contributed by atoms with van der Waals surface area (Å²) >= 11 is 0. The van der Waals surface area contributed by atoms with Crippen LogP contribution in [0, 0.1) is 5.92 Å². The number of aliphatic imine (C=N–C) groups is 1. The first kappa shape index (κ1) is 22.2. The zero-order valence-corrected chi connectivity index (χ0v) is 18.4. The molecule has 6 nitrogen and oxygen atoms in total. The molecule has 1 heterocycles. The minimum atomic E-state index is 0. The van der Waals surface area contributed by atoms with E-state index in [2.05, 4.69) is 21.7 Å². The predicted molar refractivity (Wildman–Crippen MR) is 118 cm³/mol. The molecule has 0 aromatic heterocycles. The van der Waals surface area contributed by atoms with E-state index in [-0.39, 0.29) is 30.1 Å². The molecule has 1 aromatic rings. The molecule has 0 radical (unpaired) electrons. The fourth-order valence-electron chi connectivity index (χ4n) is 2.91. The third-order valence-electron chi connectivity index (χ3n) is 4.68. The van der Waals surface area contributed by atoms with E-state index in [1.54, 1.807) is 7.05 Å². The summed E-state index contributed by atoms with van der Waals surface area (Å²) in [5.74, 6) is 2.48. The molecule has 1 aliphatic heterocycles. The summed E-state index contributed by atoms with van der Waals surface area (Å²) in [5.41, 5.74) is 1.14. The Morgan fingerprint density at radius 1 is 1.19 bits per heavy atom. The van der Waals surface area contributed by atoms with Crippen LogP contribution in [0.5, 0.6) is 5.75 Å². The topological polar surface area (TPSA) is 64.1 Å². The Morgan fingerprint density at radius 3 is 2.78 bits per heavy atom. The van der Waals surface area contributed by atoms with E-state index >= 15 is 0 Å². The van der Waals surface area contributed by atoms with E-state index in [1.807, 2.05) is 18.2 Å². The van der Waals surface area contributed by atoms with Crippen LogP contribution in [0.3, 0.4) is 0 Å². The van der Waals surface area contributed by atoms with Crippen molar-refractivity contribution < 1.29 is 14.2 Å². The standard InChI is InChI=1S/C20H31N3O3.HI/c1-21-20(22-10-12-24-15-18-6-4-11-25-18)23-13-17-5-2-3-7-19(17)26-14-16-8-9-16;/h2-3,5,7,16,18H,4,6,8-15H2,1H3,(H2,21,22,23);1H. The third-order valence-corrected chi connectivity index (χ3v) is 4.68. The third kappa shape index (κ3) is 8.23. The highest BCUT2D eigenvalue weighted by Gasteiger charge is 2.22. The highest BCUT2D eigenvalue weighted by molar-refractivity contribution is 14.0. The van der Waals surface area contributed by atoms with Gasteiger partial charge in [0.25, 0.3) is 0 Å². The number of halogens is 1. The summed E-state index contributed by atoms with van der Waals surface area (Å²) < 4.78 is 17.2. The number of nitrogens with one attached hydrogen (secondary N) is 2. The number of guanidine groups is 1. The van der Waals surface area contributed by atoms with Gasteiger partial charge < -0.3 is 24.8 Å². The Hall–Kier alpha value is -1.06. The lowest BCUT2D eigenvalue weighted by Gasteiger charge is -2.15. The summed E-state index contributed by atoms with van der Waals surface area (Å²) in [6.07, 6.45) is 5.13. The Bertz CT molecular complexity index is 575. The van der Waals surface area contributed by atoms with Gasteiger partial charge >= 0.3 is 0 Å². The molecule has 1 saturated carbocycles. The van der Waals surface area contributed by atoms with Gasteiger partial charge in [0, 0.05) is 32.3 Å². The SMILES string of the molecule is CN=C(NCCOCC1CCCO1)NCc1ccccc1OCC1CC1.I. The van der Waals surface area contributed by atoms with Crippen molar-refractivity contribution >= 4 is 29.9 Å². The Labute approximate surface area is 179 Å². The molecule has 3 rings (SSSR count). The molecule has 0 bridgehead atoms. The monoisotopic (exact) mass is 489 g/mol. The van der Waals surface area contributed by atoms with Gasteiger partial charge in [0.05, 0.1) is 25.9 Å². The molecule has 1 atom stereocenters. The zero-order valence-electron chi connectivity index (χ0n) is 16.1. The summed E-state index contributed by atoms with van der Waals surface area (Å²) in [7, 11) is 1.78. The maximum Gasteiger partial charge on any atom is 0.191 e. The summed E-state index contributed by atoms with van der Waals surface area (Å²) in [5, 5.41) is 6.62. The van der Waals surface area contributed by atoms with Crippen LogP contribution >= 0.6 is 24.0 Å². The zero-order chi connectivity index (χ0) is 18.0. The lowest BCUT2D eigenvalue weighted by molar-refractivity contribution is 0.0191. The van der Waals surface area contributed by atoms with Gasteiger partial charge in [-0.05, 0) is 37.7 Å². The van der Waals surface area contributed by atoms with Gasteiger partial charge in [-0.1, -0.05) is 18.2 Å². The number of nitrogens with zero attached hydrogens (tertiary/aromatic N) is 1. The van der Waals surface area contributed by atoms with Crippen LogP contribution in [-0.2, 0) is 16.0 Å². The smallest absolute Gasteiger partial charge is 0.191 e. The molecule has 0 spiro atoms. The second kappa shape index (κ2) is 12.4. The number of para-hydroxylation sites is 1. The van der Waals surface area contributed by atoms with E-state index in [0.29, 0.717) is 26.3 Å². The molecular weight excluding hydrogens is 457 g/mol. The Balaban J connectivity index is 0.00000261. The molecule has 2 N–H and O–H groups in total. The molecular formula is C20H32IN3O3. The van der Waals surface area contributed by atoms with E-state index in [4.69, 9.17) is 14.2 Å². The van der Waals surface area contributed by atoms with E-state index in [0.717, 1.165) is 49.2 Å². The van der Waals surface area contributed by atoms with Gasteiger partial charge in [0.1, 0.15) is 5.75 Å². The lowest BCUT2D eigenvalue weighted by Crippen LogP contribution is -2.38. The number of ether oxygens (including phenoxy) is 3. The summed E-state index contributed by atoms with van der Waals surface area (Å²) in [6, 6.07) is 8.18. The maximum absolute atomic E-state index is 5.96. The molecule has 27 heavy (non-hydrogen) atoms. The maximum atomic E-state index is 5.96. The number of benzene rings is 1. The quantitative estimate of drug-likeness (QED) is 0.229. The van der Waals surface area contributed by atoms with Gasteiger partial charge in [0.15, 0.2) is 5.96 Å². The fourth-order valence-corrected chi connectivity index (χ4v) is 2.91. The van der Waals surface area contributed by atoms with E-state index in [9.17, 15) is 0 Å². The van der Waals surface area contributed by atoms with Gasteiger partial charge in [-0.15, -0.1) is 24.0 Å². The highest BCUT2D eigenvalue weighted by atomic mass is 127. The normalized spacial score (nSPS) is 19.4. The van der Waals surface area contributed by atoms with Crippen LogP contribution < -0.4 is 15.4 Å². The van der Waals surface area contributed by atoms with Crippen LogP contribution in [0.2, 0.25) is 0 Å². The fraction of sp³-hybridized carbons (Fsp3) is 0.650. The van der Waals surface area contributed by atoms with Gasteiger partial charge in [-0.25, -0.2) is 0 Å². The summed E-state index contributed by atoms with van der Waals surface area (Å²) in [4.78, 5) is 4.27. The van der Waals surface area contributed by atoms with Crippen molar-refractivity contribution in [2.45, 2.75) is 38.3 Å². The highest BCUT2D eigenvalue weighted by Crippen LogP contribution is 2.30. The Kier molecular flexibility index (Phi) is 10.2. The lowest BCUT2D eigenvalue weighted by atomic mass is 10.2. The molecule has 1 aromatic carbocycles. The largest absolute Gasteiger partial charge is 0.493 e. The van der Waals surface area contributed by atoms with Crippen molar-refractivity contribution in [2.75, 3.05) is 40.0 Å². The summed E-state index contributed by atoms with van der Waals surface area (Å²) in [6.45, 7) is 4.41. The number of rotatable bonds is 10. The van der Waals surface area contributed by atoms with Crippen molar-refractivity contribution in [1.29, 1.82) is 0 Å². The van der Waals surface area contributed by atoms with Gasteiger partial charge in [-0.2, -0.15) is 0 Å². The van der Waals surface area contributed by atoms with Crippen LogP contribution in [0.25, 0.3) is 0 Å². The van der Waals surface area contributed by atoms with E-state index < -0.39 is 0 Å². The molecule has 2 fully saturated rings. The van der Waals surface area contributed by atoms with Crippen LogP contribution in [0.1, 0.15) is 31.2 Å². The van der Waals surface area contributed by atoms with Crippen molar-refractivity contribution in [1.82, 2.24) is 10.6 Å².